The minimum Gasteiger partial charge on any atom is -0.494 e. The highest BCUT2D eigenvalue weighted by atomic mass is 19.4. The average Bonchev–Trinajstić information content (AvgIpc) is 2.53. The molecule has 0 atom stereocenters. The molecule has 0 unspecified atom stereocenters. The highest BCUT2D eigenvalue weighted by Crippen LogP contribution is 2.39. The minimum atomic E-state index is -4.60. The molecule has 0 radical (unpaired) electrons. The lowest BCUT2D eigenvalue weighted by Crippen LogP contribution is -2.45. The molecule has 0 spiro atoms. The van der Waals surface area contributed by atoms with Crippen LogP contribution in [-0.4, -0.2) is 23.6 Å². The van der Waals surface area contributed by atoms with Crippen LogP contribution in [0.1, 0.15) is 19.5 Å². The van der Waals surface area contributed by atoms with E-state index >= 15 is 0 Å². The topological polar surface area (TPSA) is 60.5 Å². The number of pyridine rings is 1. The van der Waals surface area contributed by atoms with Gasteiger partial charge in [0, 0.05) is 11.8 Å². The molecule has 2 heterocycles. The predicted molar refractivity (Wildman–Crippen MR) is 84.6 cm³/mol. The van der Waals surface area contributed by atoms with Crippen molar-refractivity contribution in [1.29, 1.82) is 0 Å². The fourth-order valence-corrected chi connectivity index (χ4v) is 2.45. The van der Waals surface area contributed by atoms with E-state index < -0.39 is 17.5 Å². The number of hydrogen-bond donors (Lipinski definition) is 1. The van der Waals surface area contributed by atoms with Gasteiger partial charge in [0.05, 0.1) is 12.8 Å². The van der Waals surface area contributed by atoms with E-state index in [2.05, 4.69) is 10.3 Å². The molecule has 0 bridgehead atoms. The summed E-state index contributed by atoms with van der Waals surface area (Å²) in [7, 11) is 1.16. The second-order valence-electron chi connectivity index (χ2n) is 6.05. The third-order valence-corrected chi connectivity index (χ3v) is 3.82. The van der Waals surface area contributed by atoms with Crippen LogP contribution in [0.5, 0.6) is 11.5 Å². The van der Waals surface area contributed by atoms with Gasteiger partial charge in [-0.3, -0.25) is 4.79 Å². The Morgan fingerprint density at radius 1 is 1.20 bits per heavy atom. The molecule has 0 aliphatic carbocycles. The van der Waals surface area contributed by atoms with E-state index in [1.54, 1.807) is 32.0 Å². The van der Waals surface area contributed by atoms with Crippen LogP contribution in [0.4, 0.5) is 18.9 Å². The lowest BCUT2D eigenvalue weighted by atomic mass is 10.0. The molecule has 8 heteroatoms. The van der Waals surface area contributed by atoms with Gasteiger partial charge in [0.15, 0.2) is 11.3 Å². The third-order valence-electron chi connectivity index (χ3n) is 3.82. The molecule has 0 saturated carbocycles. The number of anilines is 1. The number of nitrogens with one attached hydrogen (secondary N) is 1. The molecule has 0 saturated heterocycles. The summed E-state index contributed by atoms with van der Waals surface area (Å²) in [5.74, 6) is -0.205. The number of hydrogen-bond acceptors (Lipinski definition) is 4. The number of rotatable bonds is 2. The van der Waals surface area contributed by atoms with Crippen molar-refractivity contribution < 1.29 is 27.4 Å². The molecule has 132 valence electrons. The second kappa shape index (κ2) is 5.65. The van der Waals surface area contributed by atoms with Gasteiger partial charge in [-0.2, -0.15) is 13.2 Å². The van der Waals surface area contributed by atoms with Crippen molar-refractivity contribution in [3.05, 3.63) is 36.2 Å². The lowest BCUT2D eigenvalue weighted by molar-refractivity contribution is -0.142. The van der Waals surface area contributed by atoms with E-state index in [4.69, 9.17) is 9.47 Å². The highest BCUT2D eigenvalue weighted by molar-refractivity contribution is 6.00. The Morgan fingerprint density at radius 3 is 2.56 bits per heavy atom. The van der Waals surface area contributed by atoms with Crippen molar-refractivity contribution in [2.75, 3.05) is 12.4 Å². The first kappa shape index (κ1) is 17.1. The number of benzene rings is 1. The minimum absolute atomic E-state index is 0.273. The maximum atomic E-state index is 12.9. The maximum absolute atomic E-state index is 12.9. The summed E-state index contributed by atoms with van der Waals surface area (Å²) in [6.45, 7) is 3.25. The van der Waals surface area contributed by atoms with E-state index in [1.807, 2.05) is 0 Å². The SMILES string of the molecule is COc1cc(-c2ccc3c(c2)OC(C)(C)C(=O)N3)cnc1C(F)(F)F. The Balaban J connectivity index is 2.03. The van der Waals surface area contributed by atoms with Crippen molar-refractivity contribution in [2.45, 2.75) is 25.6 Å². The molecule has 25 heavy (non-hydrogen) atoms. The summed E-state index contributed by atoms with van der Waals surface area (Å²) in [6, 6.07) is 6.19. The Kier molecular flexibility index (Phi) is 3.85. The molecule has 1 aliphatic heterocycles. The van der Waals surface area contributed by atoms with Crippen molar-refractivity contribution >= 4 is 11.6 Å². The summed E-state index contributed by atoms with van der Waals surface area (Å²) >= 11 is 0. The van der Waals surface area contributed by atoms with E-state index in [1.165, 1.54) is 6.07 Å². The zero-order chi connectivity index (χ0) is 18.4. The molecule has 1 aliphatic rings. The van der Waals surface area contributed by atoms with E-state index in [9.17, 15) is 18.0 Å². The molecular weight excluding hydrogens is 337 g/mol. The zero-order valence-electron chi connectivity index (χ0n) is 13.7. The Morgan fingerprint density at radius 2 is 1.92 bits per heavy atom. The van der Waals surface area contributed by atoms with Gasteiger partial charge in [-0.05, 0) is 37.6 Å². The summed E-state index contributed by atoms with van der Waals surface area (Å²) in [4.78, 5) is 15.4. The monoisotopic (exact) mass is 352 g/mol. The fourth-order valence-electron chi connectivity index (χ4n) is 2.45. The van der Waals surface area contributed by atoms with Crippen molar-refractivity contribution in [2.24, 2.45) is 0 Å². The number of ether oxygens (including phenoxy) is 2. The molecule has 2 aromatic rings. The van der Waals surface area contributed by atoms with Crippen LogP contribution in [0, 0.1) is 0 Å². The predicted octanol–water partition coefficient (Wildman–Crippen LogP) is 3.89. The number of carbonyl (C=O) groups is 1. The lowest BCUT2D eigenvalue weighted by Gasteiger charge is -2.31. The number of nitrogens with zero attached hydrogens (tertiary/aromatic N) is 1. The molecule has 1 aromatic carbocycles. The molecule has 3 rings (SSSR count). The van der Waals surface area contributed by atoms with Crippen molar-refractivity contribution in [1.82, 2.24) is 4.98 Å². The fraction of sp³-hybridized carbons (Fsp3) is 0.294. The van der Waals surface area contributed by atoms with Gasteiger partial charge in [0.25, 0.3) is 5.91 Å². The molecule has 1 amide bonds. The zero-order valence-corrected chi connectivity index (χ0v) is 13.7. The van der Waals surface area contributed by atoms with Crippen LogP contribution in [0.25, 0.3) is 11.1 Å². The van der Waals surface area contributed by atoms with Crippen LogP contribution in [-0.2, 0) is 11.0 Å². The Labute approximate surface area is 141 Å². The molecule has 1 N–H and O–H groups in total. The van der Waals surface area contributed by atoms with Crippen LogP contribution < -0.4 is 14.8 Å². The van der Waals surface area contributed by atoms with Crippen LogP contribution in [0.2, 0.25) is 0 Å². The second-order valence-corrected chi connectivity index (χ2v) is 6.05. The summed E-state index contributed by atoms with van der Waals surface area (Å²) in [5, 5.41) is 2.73. The van der Waals surface area contributed by atoms with Gasteiger partial charge in [-0.1, -0.05) is 6.07 Å². The molecule has 0 fully saturated rings. The van der Waals surface area contributed by atoms with Gasteiger partial charge in [0.2, 0.25) is 0 Å². The summed E-state index contributed by atoms with van der Waals surface area (Å²) in [6.07, 6.45) is -3.48. The van der Waals surface area contributed by atoms with Gasteiger partial charge < -0.3 is 14.8 Å². The third kappa shape index (κ3) is 3.11. The van der Waals surface area contributed by atoms with E-state index in [-0.39, 0.29) is 11.7 Å². The smallest absolute Gasteiger partial charge is 0.437 e. The van der Waals surface area contributed by atoms with E-state index in [0.717, 1.165) is 13.3 Å². The molecule has 1 aromatic heterocycles. The van der Waals surface area contributed by atoms with Gasteiger partial charge in [0.1, 0.15) is 11.5 Å². The van der Waals surface area contributed by atoms with Gasteiger partial charge >= 0.3 is 6.18 Å². The average molecular weight is 352 g/mol. The van der Waals surface area contributed by atoms with Crippen LogP contribution in [0.15, 0.2) is 30.5 Å². The van der Waals surface area contributed by atoms with Gasteiger partial charge in [-0.15, -0.1) is 0 Å². The number of halogens is 3. The van der Waals surface area contributed by atoms with Crippen LogP contribution >= 0.6 is 0 Å². The summed E-state index contributed by atoms with van der Waals surface area (Å²) in [5.41, 5.74) is -0.598. The van der Waals surface area contributed by atoms with Crippen LogP contribution in [0.3, 0.4) is 0 Å². The summed E-state index contributed by atoms with van der Waals surface area (Å²) < 4.78 is 49.2. The highest BCUT2D eigenvalue weighted by Gasteiger charge is 2.37. The number of aromatic nitrogens is 1. The largest absolute Gasteiger partial charge is 0.494 e. The van der Waals surface area contributed by atoms with Crippen molar-refractivity contribution in [3.63, 3.8) is 0 Å². The first-order valence-corrected chi connectivity index (χ1v) is 7.38. The number of alkyl halides is 3. The first-order valence-electron chi connectivity index (χ1n) is 7.38. The number of fused-ring (bicyclic) bond motifs is 1. The first-order chi connectivity index (χ1) is 11.6. The van der Waals surface area contributed by atoms with Gasteiger partial charge in [-0.25, -0.2) is 4.98 Å². The van der Waals surface area contributed by atoms with Crippen molar-refractivity contribution in [3.8, 4) is 22.6 Å². The number of methoxy groups -OCH3 is 1. The standard InChI is InChI=1S/C17H15F3N2O3/c1-16(2)15(23)22-11-5-4-9(6-12(11)25-16)10-7-13(24-3)14(21-8-10)17(18,19)20/h4-8H,1-3H3,(H,22,23). The van der Waals surface area contributed by atoms with E-state index in [0.29, 0.717) is 22.6 Å². The number of carbonyl (C=O) groups excluding carboxylic acids is 1. The maximum Gasteiger partial charge on any atom is 0.437 e. The molecular formula is C17H15F3N2O3. The Hall–Kier alpha value is -2.77. The Bertz CT molecular complexity index is 848. The normalized spacial score (nSPS) is 15.8. The molecule has 5 nitrogen and oxygen atoms in total. The number of amides is 1. The quantitative estimate of drug-likeness (QED) is 0.891.